The summed E-state index contributed by atoms with van der Waals surface area (Å²) in [5.74, 6) is 0.340. The molecule has 4 rings (SSSR count). The molecular formula is C28H29FN2O3. The summed E-state index contributed by atoms with van der Waals surface area (Å²) in [7, 11) is 3.25. The van der Waals surface area contributed by atoms with E-state index in [1.807, 2.05) is 36.4 Å². The summed E-state index contributed by atoms with van der Waals surface area (Å²) in [6.07, 6.45) is 2.42. The van der Waals surface area contributed by atoms with Gasteiger partial charge in [-0.05, 0) is 47.0 Å². The minimum Gasteiger partial charge on any atom is -0.497 e. The van der Waals surface area contributed by atoms with Gasteiger partial charge >= 0.3 is 0 Å². The van der Waals surface area contributed by atoms with Gasteiger partial charge in [0.25, 0.3) is 0 Å². The maximum atomic E-state index is 13.4. The van der Waals surface area contributed by atoms with E-state index in [0.717, 1.165) is 33.3 Å². The van der Waals surface area contributed by atoms with Crippen molar-refractivity contribution in [3.05, 3.63) is 102 Å². The molecule has 0 fully saturated rings. The molecule has 0 saturated heterocycles. The molecule has 1 amide bonds. The zero-order chi connectivity index (χ0) is 23.9. The van der Waals surface area contributed by atoms with Crippen molar-refractivity contribution >= 4 is 16.8 Å². The van der Waals surface area contributed by atoms with Gasteiger partial charge in [0, 0.05) is 49.6 Å². The minimum atomic E-state index is -0.249. The van der Waals surface area contributed by atoms with Crippen molar-refractivity contribution in [1.29, 1.82) is 0 Å². The van der Waals surface area contributed by atoms with E-state index in [9.17, 15) is 9.18 Å². The molecule has 0 unspecified atom stereocenters. The molecule has 1 heterocycles. The lowest BCUT2D eigenvalue weighted by Gasteiger charge is -2.18. The van der Waals surface area contributed by atoms with Gasteiger partial charge in [-0.1, -0.05) is 42.5 Å². The molecule has 34 heavy (non-hydrogen) atoms. The van der Waals surface area contributed by atoms with Crippen molar-refractivity contribution in [1.82, 2.24) is 9.88 Å². The van der Waals surface area contributed by atoms with E-state index in [1.54, 1.807) is 26.4 Å². The van der Waals surface area contributed by atoms with Crippen LogP contribution in [-0.2, 0) is 16.1 Å². The fourth-order valence-corrected chi connectivity index (χ4v) is 4.26. The first-order valence-corrected chi connectivity index (χ1v) is 11.3. The van der Waals surface area contributed by atoms with Crippen LogP contribution in [0.25, 0.3) is 10.9 Å². The van der Waals surface area contributed by atoms with E-state index in [1.165, 1.54) is 12.1 Å². The Morgan fingerprint density at radius 2 is 1.74 bits per heavy atom. The number of para-hydroxylation sites is 1. The fraction of sp³-hybridized carbons (Fsp3) is 0.250. The first kappa shape index (κ1) is 23.5. The SMILES string of the molecule is COCCNC(=O)C[C@@H](c1ccc(OC)cc1)c1cn(Cc2ccc(F)cc2)c2ccccc12. The van der Waals surface area contributed by atoms with Crippen LogP contribution in [0, 0.1) is 5.82 Å². The van der Waals surface area contributed by atoms with E-state index in [4.69, 9.17) is 9.47 Å². The average molecular weight is 461 g/mol. The Morgan fingerprint density at radius 3 is 2.44 bits per heavy atom. The van der Waals surface area contributed by atoms with E-state index < -0.39 is 0 Å². The van der Waals surface area contributed by atoms with Crippen LogP contribution in [0.4, 0.5) is 4.39 Å². The number of halogens is 1. The highest BCUT2D eigenvalue weighted by Crippen LogP contribution is 2.35. The number of ether oxygens (including phenoxy) is 2. The number of aromatic nitrogens is 1. The van der Waals surface area contributed by atoms with E-state index in [2.05, 4.69) is 28.2 Å². The zero-order valence-electron chi connectivity index (χ0n) is 19.5. The topological polar surface area (TPSA) is 52.5 Å². The molecule has 0 spiro atoms. The molecule has 0 aliphatic rings. The van der Waals surface area contributed by atoms with Gasteiger partial charge < -0.3 is 19.4 Å². The number of nitrogens with one attached hydrogen (secondary N) is 1. The molecule has 1 aromatic heterocycles. The maximum absolute atomic E-state index is 13.4. The Morgan fingerprint density at radius 1 is 1.00 bits per heavy atom. The highest BCUT2D eigenvalue weighted by molar-refractivity contribution is 5.86. The fourth-order valence-electron chi connectivity index (χ4n) is 4.26. The monoisotopic (exact) mass is 460 g/mol. The summed E-state index contributed by atoms with van der Waals surface area (Å²) in [5, 5.41) is 4.04. The lowest BCUT2D eigenvalue weighted by molar-refractivity contribution is -0.121. The Bertz CT molecular complexity index is 1230. The van der Waals surface area contributed by atoms with Gasteiger partial charge in [0.15, 0.2) is 0 Å². The van der Waals surface area contributed by atoms with Crippen molar-refractivity contribution in [2.45, 2.75) is 18.9 Å². The first-order valence-electron chi connectivity index (χ1n) is 11.3. The highest BCUT2D eigenvalue weighted by Gasteiger charge is 2.23. The Hall–Kier alpha value is -3.64. The summed E-state index contributed by atoms with van der Waals surface area (Å²) in [4.78, 5) is 12.8. The number of nitrogens with zero attached hydrogens (tertiary/aromatic N) is 1. The molecule has 3 aromatic carbocycles. The van der Waals surface area contributed by atoms with Gasteiger partial charge in [0.05, 0.1) is 13.7 Å². The van der Waals surface area contributed by atoms with Crippen LogP contribution < -0.4 is 10.1 Å². The second kappa shape index (κ2) is 11.0. The number of methoxy groups -OCH3 is 2. The molecule has 5 nitrogen and oxygen atoms in total. The lowest BCUT2D eigenvalue weighted by atomic mass is 9.88. The molecule has 0 aliphatic carbocycles. The number of fused-ring (bicyclic) bond motifs is 1. The standard InChI is InChI=1S/C28H29FN2O3/c1-33-16-15-30-28(32)17-25(21-9-13-23(34-2)14-10-21)26-19-31(27-6-4-3-5-24(26)27)18-20-7-11-22(29)12-8-20/h3-14,19,25H,15-18H2,1-2H3,(H,30,32)/t25-/m0/s1. The summed E-state index contributed by atoms with van der Waals surface area (Å²) >= 11 is 0. The molecule has 1 atom stereocenters. The normalized spacial score (nSPS) is 12.0. The number of rotatable bonds is 10. The van der Waals surface area contributed by atoms with Gasteiger partial charge in [-0.15, -0.1) is 0 Å². The largest absolute Gasteiger partial charge is 0.497 e. The third-order valence-electron chi connectivity index (χ3n) is 6.00. The summed E-state index contributed by atoms with van der Waals surface area (Å²) in [6, 6.07) is 22.6. The molecule has 6 heteroatoms. The number of amides is 1. The van der Waals surface area contributed by atoms with Crippen LogP contribution in [0.1, 0.15) is 29.0 Å². The molecule has 4 aromatic rings. The Labute approximate surface area is 199 Å². The van der Waals surface area contributed by atoms with Crippen LogP contribution >= 0.6 is 0 Å². The quantitative estimate of drug-likeness (QED) is 0.334. The van der Waals surface area contributed by atoms with Crippen LogP contribution in [0.2, 0.25) is 0 Å². The highest BCUT2D eigenvalue weighted by atomic mass is 19.1. The minimum absolute atomic E-state index is 0.0340. The Kier molecular flexibility index (Phi) is 7.60. The van der Waals surface area contributed by atoms with Gasteiger partial charge in [0.2, 0.25) is 5.91 Å². The van der Waals surface area contributed by atoms with Crippen LogP contribution in [0.15, 0.2) is 79.0 Å². The van der Waals surface area contributed by atoms with Crippen molar-refractivity contribution in [2.24, 2.45) is 0 Å². The van der Waals surface area contributed by atoms with Crippen LogP contribution in [0.3, 0.4) is 0 Å². The van der Waals surface area contributed by atoms with Crippen LogP contribution in [0.5, 0.6) is 5.75 Å². The molecule has 0 aliphatic heterocycles. The number of benzene rings is 3. The summed E-state index contributed by atoms with van der Waals surface area (Å²) in [6.45, 7) is 1.54. The van der Waals surface area contributed by atoms with Gasteiger partial charge in [-0.2, -0.15) is 0 Å². The second-order valence-electron chi connectivity index (χ2n) is 8.23. The smallest absolute Gasteiger partial charge is 0.221 e. The number of hydrogen-bond acceptors (Lipinski definition) is 3. The van der Waals surface area contributed by atoms with Crippen molar-refractivity contribution in [2.75, 3.05) is 27.4 Å². The number of hydrogen-bond donors (Lipinski definition) is 1. The molecule has 176 valence electrons. The lowest BCUT2D eigenvalue weighted by Crippen LogP contribution is -2.28. The molecule has 0 saturated carbocycles. The molecule has 0 radical (unpaired) electrons. The van der Waals surface area contributed by atoms with E-state index in [-0.39, 0.29) is 17.6 Å². The van der Waals surface area contributed by atoms with Crippen molar-refractivity contribution < 1.29 is 18.7 Å². The van der Waals surface area contributed by atoms with Crippen molar-refractivity contribution in [3.8, 4) is 5.75 Å². The molecular weight excluding hydrogens is 431 g/mol. The third kappa shape index (κ3) is 5.46. The summed E-state index contributed by atoms with van der Waals surface area (Å²) in [5.41, 5.74) is 4.18. The van der Waals surface area contributed by atoms with E-state index in [0.29, 0.717) is 26.1 Å². The second-order valence-corrected chi connectivity index (χ2v) is 8.23. The van der Waals surface area contributed by atoms with Crippen LogP contribution in [-0.4, -0.2) is 37.8 Å². The Balaban J connectivity index is 1.73. The third-order valence-corrected chi connectivity index (χ3v) is 6.00. The maximum Gasteiger partial charge on any atom is 0.221 e. The summed E-state index contributed by atoms with van der Waals surface area (Å²) < 4.78 is 26.0. The predicted molar refractivity (Wildman–Crippen MR) is 132 cm³/mol. The number of carbonyl (C=O) groups is 1. The van der Waals surface area contributed by atoms with Gasteiger partial charge in [-0.25, -0.2) is 4.39 Å². The number of carbonyl (C=O) groups excluding carboxylic acids is 1. The van der Waals surface area contributed by atoms with Gasteiger partial charge in [-0.3, -0.25) is 4.79 Å². The molecule has 1 N–H and O–H groups in total. The van der Waals surface area contributed by atoms with Crippen molar-refractivity contribution in [3.63, 3.8) is 0 Å². The van der Waals surface area contributed by atoms with Gasteiger partial charge in [0.1, 0.15) is 11.6 Å². The average Bonchev–Trinajstić information content (AvgIpc) is 3.22. The predicted octanol–water partition coefficient (Wildman–Crippen LogP) is 5.12. The molecule has 0 bridgehead atoms. The van der Waals surface area contributed by atoms with E-state index >= 15 is 0 Å². The first-order chi connectivity index (χ1) is 16.6. The zero-order valence-corrected chi connectivity index (χ0v) is 19.5.